The predicted octanol–water partition coefficient (Wildman–Crippen LogP) is 3.29. The summed E-state index contributed by atoms with van der Waals surface area (Å²) in [6, 6.07) is 3.76. The second-order valence-corrected chi connectivity index (χ2v) is 5.30. The number of hydrogen-bond donors (Lipinski definition) is 0. The molecule has 0 heterocycles. The van der Waals surface area contributed by atoms with Crippen molar-refractivity contribution < 1.29 is 18.0 Å². The van der Waals surface area contributed by atoms with Gasteiger partial charge in [-0.05, 0) is 31.8 Å². The molecule has 0 aliphatic carbocycles. The van der Waals surface area contributed by atoms with Gasteiger partial charge in [-0.1, -0.05) is 26.0 Å². The molecular weight excluding hydrogens is 293 g/mol. The number of rotatable bonds is 8. The van der Waals surface area contributed by atoms with Crippen LogP contribution in [0.5, 0.6) is 0 Å². The van der Waals surface area contributed by atoms with Crippen LogP contribution in [0.25, 0.3) is 0 Å². The molecule has 1 rings (SSSR count). The van der Waals surface area contributed by atoms with Crippen LogP contribution < -0.4 is 0 Å². The van der Waals surface area contributed by atoms with Crippen molar-refractivity contribution in [3.63, 3.8) is 0 Å². The average Bonchev–Trinajstić information content (AvgIpc) is 2.49. The van der Waals surface area contributed by atoms with Gasteiger partial charge in [0, 0.05) is 25.2 Å². The molecule has 0 aliphatic heterocycles. The zero-order valence-corrected chi connectivity index (χ0v) is 13.3. The summed E-state index contributed by atoms with van der Waals surface area (Å²) in [6.45, 7) is 7.27. The van der Waals surface area contributed by atoms with Gasteiger partial charge < -0.3 is 4.90 Å². The van der Waals surface area contributed by atoms with Crippen molar-refractivity contribution in [2.45, 2.75) is 26.6 Å². The summed E-state index contributed by atoms with van der Waals surface area (Å²) < 4.78 is 39.4. The van der Waals surface area contributed by atoms with Crippen molar-refractivity contribution in [3.8, 4) is 0 Å². The van der Waals surface area contributed by atoms with Gasteiger partial charge in [0.25, 0.3) is 0 Å². The number of likely N-dealkylation sites (N-methyl/N-ethyl adjacent to an activating group) is 2. The largest absolute Gasteiger partial charge is 0.416 e. The van der Waals surface area contributed by atoms with E-state index in [0.29, 0.717) is 19.4 Å². The molecule has 0 atom stereocenters. The minimum atomic E-state index is -4.45. The first-order valence-corrected chi connectivity index (χ1v) is 7.38. The predicted molar refractivity (Wildman–Crippen MR) is 81.0 cm³/mol. The quantitative estimate of drug-likeness (QED) is 0.688. The molecule has 0 N–H and O–H groups in total. The fourth-order valence-electron chi connectivity index (χ4n) is 2.13. The van der Waals surface area contributed by atoms with Gasteiger partial charge in [0.2, 0.25) is 0 Å². The van der Waals surface area contributed by atoms with Gasteiger partial charge in [-0.3, -0.25) is 9.69 Å². The van der Waals surface area contributed by atoms with Crippen LogP contribution >= 0.6 is 0 Å². The average molecular weight is 316 g/mol. The van der Waals surface area contributed by atoms with E-state index in [1.807, 2.05) is 25.8 Å². The van der Waals surface area contributed by atoms with E-state index in [9.17, 15) is 18.0 Å². The molecule has 22 heavy (non-hydrogen) atoms. The molecule has 0 aliphatic rings. The van der Waals surface area contributed by atoms with E-state index in [4.69, 9.17) is 0 Å². The molecule has 0 radical (unpaired) electrons. The van der Waals surface area contributed by atoms with Crippen molar-refractivity contribution >= 4 is 6.29 Å². The second kappa shape index (κ2) is 8.29. The number of nitrogens with zero attached hydrogens (tertiary/aromatic N) is 2. The molecule has 0 fully saturated rings. The molecule has 0 amide bonds. The highest BCUT2D eigenvalue weighted by molar-refractivity contribution is 5.75. The molecule has 0 saturated heterocycles. The fraction of sp³-hybridized carbons (Fsp3) is 0.562. The molecule has 0 bridgehead atoms. The Balaban J connectivity index is 2.92. The Morgan fingerprint density at radius 1 is 1.14 bits per heavy atom. The normalized spacial score (nSPS) is 12.2. The summed E-state index contributed by atoms with van der Waals surface area (Å²) in [6.07, 6.45) is -4.01. The Morgan fingerprint density at radius 3 is 2.32 bits per heavy atom. The highest BCUT2D eigenvalue weighted by Crippen LogP contribution is 2.33. The van der Waals surface area contributed by atoms with Gasteiger partial charge in [0.15, 0.2) is 0 Å². The third-order valence-electron chi connectivity index (χ3n) is 3.75. The fourth-order valence-corrected chi connectivity index (χ4v) is 2.13. The molecule has 3 nitrogen and oxygen atoms in total. The van der Waals surface area contributed by atoms with E-state index in [-0.39, 0.29) is 17.7 Å². The second-order valence-electron chi connectivity index (χ2n) is 5.30. The van der Waals surface area contributed by atoms with E-state index in [0.717, 1.165) is 19.2 Å². The van der Waals surface area contributed by atoms with Gasteiger partial charge in [0.1, 0.15) is 6.29 Å². The third kappa shape index (κ3) is 5.42. The number of carbonyl (C=O) groups excluding carboxylic acids is 1. The highest BCUT2D eigenvalue weighted by Gasteiger charge is 2.33. The first kappa shape index (κ1) is 18.6. The third-order valence-corrected chi connectivity index (χ3v) is 3.75. The standard InChI is InChI=1S/C16H23F3N2O/c1-4-20(3)8-9-21(5-2)11-14-7-6-13(12-22)10-15(14)16(17,18)19/h6-7,10,12H,4-5,8-9,11H2,1-3H3. The monoisotopic (exact) mass is 316 g/mol. The van der Waals surface area contributed by atoms with Crippen LogP contribution in [0.3, 0.4) is 0 Å². The summed E-state index contributed by atoms with van der Waals surface area (Å²) in [5.74, 6) is 0. The first-order valence-electron chi connectivity index (χ1n) is 7.38. The Bertz CT molecular complexity index is 489. The molecule has 6 heteroatoms. The lowest BCUT2D eigenvalue weighted by Crippen LogP contribution is -2.33. The minimum absolute atomic E-state index is 0.0461. The zero-order valence-electron chi connectivity index (χ0n) is 13.3. The van der Waals surface area contributed by atoms with Crippen molar-refractivity contribution in [1.82, 2.24) is 9.80 Å². The van der Waals surface area contributed by atoms with Crippen LogP contribution in [0, 0.1) is 0 Å². The Morgan fingerprint density at radius 2 is 1.82 bits per heavy atom. The Hall–Kier alpha value is -1.40. The number of halogens is 3. The number of alkyl halides is 3. The smallest absolute Gasteiger partial charge is 0.305 e. The SMILES string of the molecule is CCN(C)CCN(CC)Cc1ccc(C=O)cc1C(F)(F)F. The molecular formula is C16H23F3N2O. The van der Waals surface area contributed by atoms with Gasteiger partial charge in [-0.2, -0.15) is 13.2 Å². The summed E-state index contributed by atoms with van der Waals surface area (Å²) in [5, 5.41) is 0. The van der Waals surface area contributed by atoms with Crippen molar-refractivity contribution in [2.75, 3.05) is 33.2 Å². The molecule has 1 aromatic rings. The van der Waals surface area contributed by atoms with Crippen LogP contribution in [0.1, 0.15) is 35.3 Å². The Kier molecular flexibility index (Phi) is 7.03. The number of carbonyl (C=O) groups is 1. The van der Waals surface area contributed by atoms with Crippen LogP contribution in [0.4, 0.5) is 13.2 Å². The van der Waals surface area contributed by atoms with Gasteiger partial charge in [0.05, 0.1) is 5.56 Å². The van der Waals surface area contributed by atoms with Crippen molar-refractivity contribution in [2.24, 2.45) is 0 Å². The van der Waals surface area contributed by atoms with E-state index in [1.165, 1.54) is 12.1 Å². The minimum Gasteiger partial charge on any atom is -0.305 e. The molecule has 0 spiro atoms. The van der Waals surface area contributed by atoms with Crippen molar-refractivity contribution in [1.29, 1.82) is 0 Å². The summed E-state index contributed by atoms with van der Waals surface area (Å²) in [4.78, 5) is 14.8. The van der Waals surface area contributed by atoms with E-state index in [2.05, 4.69) is 4.90 Å². The molecule has 0 aromatic heterocycles. The maximum Gasteiger partial charge on any atom is 0.416 e. The summed E-state index contributed by atoms with van der Waals surface area (Å²) in [5.41, 5.74) is -0.469. The topological polar surface area (TPSA) is 23.6 Å². The van der Waals surface area contributed by atoms with Crippen LogP contribution in [0.15, 0.2) is 18.2 Å². The van der Waals surface area contributed by atoms with E-state index < -0.39 is 11.7 Å². The maximum absolute atomic E-state index is 13.1. The number of aldehydes is 1. The summed E-state index contributed by atoms with van der Waals surface area (Å²) in [7, 11) is 1.98. The van der Waals surface area contributed by atoms with Crippen LogP contribution in [-0.4, -0.2) is 49.3 Å². The van der Waals surface area contributed by atoms with Gasteiger partial charge in [-0.15, -0.1) is 0 Å². The number of benzene rings is 1. The van der Waals surface area contributed by atoms with E-state index in [1.54, 1.807) is 0 Å². The lowest BCUT2D eigenvalue weighted by Gasteiger charge is -2.25. The van der Waals surface area contributed by atoms with Crippen LogP contribution in [-0.2, 0) is 12.7 Å². The zero-order chi connectivity index (χ0) is 16.8. The van der Waals surface area contributed by atoms with E-state index >= 15 is 0 Å². The summed E-state index contributed by atoms with van der Waals surface area (Å²) >= 11 is 0. The lowest BCUT2D eigenvalue weighted by atomic mass is 10.0. The molecule has 1 aromatic carbocycles. The highest BCUT2D eigenvalue weighted by atomic mass is 19.4. The first-order chi connectivity index (χ1) is 10.3. The molecule has 124 valence electrons. The lowest BCUT2D eigenvalue weighted by molar-refractivity contribution is -0.138. The van der Waals surface area contributed by atoms with Gasteiger partial charge >= 0.3 is 6.18 Å². The molecule has 0 unspecified atom stereocenters. The van der Waals surface area contributed by atoms with Gasteiger partial charge in [-0.25, -0.2) is 0 Å². The van der Waals surface area contributed by atoms with Crippen LogP contribution in [0.2, 0.25) is 0 Å². The van der Waals surface area contributed by atoms with Crippen molar-refractivity contribution in [3.05, 3.63) is 34.9 Å². The Labute approximate surface area is 129 Å². The molecule has 0 saturated carbocycles. The maximum atomic E-state index is 13.1. The number of hydrogen-bond acceptors (Lipinski definition) is 3.